The van der Waals surface area contributed by atoms with Crippen LogP contribution in [0, 0.1) is 6.92 Å². The maximum absolute atomic E-state index is 13.6. The number of thiazole rings is 1. The second-order valence-electron chi connectivity index (χ2n) is 9.58. The minimum atomic E-state index is -1.14. The van der Waals surface area contributed by atoms with Crippen molar-refractivity contribution in [2.75, 3.05) is 18.1 Å². The molecule has 0 spiro atoms. The number of aryl methyl sites for hydroxylation is 1. The zero-order valence-corrected chi connectivity index (χ0v) is 23.5. The summed E-state index contributed by atoms with van der Waals surface area (Å²) >= 11 is 0.895. The van der Waals surface area contributed by atoms with Crippen LogP contribution in [0.5, 0.6) is 17.2 Å². The highest BCUT2D eigenvalue weighted by Gasteiger charge is 2.48. The van der Waals surface area contributed by atoms with Gasteiger partial charge in [0, 0.05) is 12.0 Å². The van der Waals surface area contributed by atoms with E-state index in [9.17, 15) is 24.6 Å². The molecule has 1 amide bonds. The fraction of sp³-hybridized carbons (Fsp3) is 0.267. The lowest BCUT2D eigenvalue weighted by molar-refractivity contribution is -0.132. The maximum Gasteiger partial charge on any atom is 0.350 e. The van der Waals surface area contributed by atoms with Gasteiger partial charge in [-0.1, -0.05) is 30.1 Å². The van der Waals surface area contributed by atoms with E-state index in [4.69, 9.17) is 14.2 Å². The minimum Gasteiger partial charge on any atom is -0.507 e. The highest BCUT2D eigenvalue weighted by molar-refractivity contribution is 7.17. The maximum atomic E-state index is 13.6. The lowest BCUT2D eigenvalue weighted by atomic mass is 9.94. The first kappa shape index (κ1) is 27.9. The molecule has 3 aromatic rings. The molecule has 0 saturated carbocycles. The number of amides is 1. The van der Waals surface area contributed by atoms with E-state index in [0.717, 1.165) is 21.8 Å². The number of phenols is 1. The van der Waals surface area contributed by atoms with Crippen LogP contribution in [0.1, 0.15) is 51.9 Å². The molecule has 2 atom stereocenters. The summed E-state index contributed by atoms with van der Waals surface area (Å²) < 4.78 is 16.5. The molecule has 2 unspecified atom stereocenters. The predicted octanol–water partition coefficient (Wildman–Crippen LogP) is 4.85. The van der Waals surface area contributed by atoms with Gasteiger partial charge in [0.1, 0.15) is 29.1 Å². The molecule has 0 radical (unpaired) electrons. The number of nitrogens with zero attached hydrogens (tertiary/aromatic N) is 2. The third-order valence-corrected chi connectivity index (χ3v) is 7.86. The molecular weight excluding hydrogens is 548 g/mol. The van der Waals surface area contributed by atoms with Gasteiger partial charge in [0.25, 0.3) is 5.78 Å². The highest BCUT2D eigenvalue weighted by atomic mass is 32.1. The standard InChI is InChI=1S/C30H28N2O8S/c1-5-11-39-29(37)27-16(4)31-30(41-27)32-24(17-7-9-20(33)22(14-17)38-6-2)23(26(35)28(32)36)25(34)18-8-10-21-19(13-18)12-15(3)40-21/h5,7-10,13-15,24,33-34H,1,6,11-12H2,2-4H3. The van der Waals surface area contributed by atoms with Gasteiger partial charge in [0.05, 0.1) is 23.9 Å². The Morgan fingerprint density at radius 2 is 2.05 bits per heavy atom. The van der Waals surface area contributed by atoms with Gasteiger partial charge in [-0.15, -0.1) is 0 Å². The van der Waals surface area contributed by atoms with Crippen molar-refractivity contribution in [1.29, 1.82) is 0 Å². The van der Waals surface area contributed by atoms with Crippen molar-refractivity contribution in [3.8, 4) is 17.2 Å². The normalized spacial score (nSPS) is 19.1. The van der Waals surface area contributed by atoms with Crippen LogP contribution in [0.25, 0.3) is 5.76 Å². The average Bonchev–Trinajstić information content (AvgIpc) is 3.60. The molecule has 2 N–H and O–H groups in total. The van der Waals surface area contributed by atoms with Gasteiger partial charge in [0.15, 0.2) is 16.6 Å². The number of rotatable bonds is 8. The Morgan fingerprint density at radius 1 is 1.27 bits per heavy atom. The molecule has 1 saturated heterocycles. The van der Waals surface area contributed by atoms with E-state index in [1.807, 2.05) is 6.92 Å². The number of aliphatic hydroxyl groups excluding tert-OH is 1. The summed E-state index contributed by atoms with van der Waals surface area (Å²) in [5.41, 5.74) is 1.74. The van der Waals surface area contributed by atoms with Crippen molar-refractivity contribution in [2.45, 2.75) is 39.3 Å². The van der Waals surface area contributed by atoms with Crippen LogP contribution in [0.3, 0.4) is 0 Å². The van der Waals surface area contributed by atoms with E-state index in [2.05, 4.69) is 11.6 Å². The Morgan fingerprint density at radius 3 is 2.78 bits per heavy atom. The first-order chi connectivity index (χ1) is 19.6. The molecule has 2 aromatic carbocycles. The van der Waals surface area contributed by atoms with Crippen LogP contribution in [0.15, 0.2) is 54.6 Å². The summed E-state index contributed by atoms with van der Waals surface area (Å²) in [6, 6.07) is 8.38. The SMILES string of the molecule is C=CCOC(=O)c1sc(N2C(=O)C(=O)C(=C(O)c3ccc4c(c3)CC(C)O4)C2c2ccc(O)c(OCC)c2)nc1C. The molecule has 41 heavy (non-hydrogen) atoms. The third-order valence-electron chi connectivity index (χ3n) is 6.72. The number of fused-ring (bicyclic) bond motifs is 1. The van der Waals surface area contributed by atoms with Crippen LogP contribution in [0.4, 0.5) is 5.13 Å². The highest BCUT2D eigenvalue weighted by Crippen LogP contribution is 2.46. The molecule has 1 fully saturated rings. The molecule has 2 aliphatic rings. The number of esters is 1. The van der Waals surface area contributed by atoms with Gasteiger partial charge < -0.3 is 24.4 Å². The number of carbonyl (C=O) groups excluding carboxylic acids is 3. The fourth-order valence-electron chi connectivity index (χ4n) is 4.92. The topological polar surface area (TPSA) is 135 Å². The summed E-state index contributed by atoms with van der Waals surface area (Å²) in [6.07, 6.45) is 2.04. The molecule has 3 heterocycles. The Kier molecular flexibility index (Phi) is 7.55. The van der Waals surface area contributed by atoms with E-state index in [-0.39, 0.29) is 52.2 Å². The Labute approximate surface area is 240 Å². The lowest BCUT2D eigenvalue weighted by Gasteiger charge is -2.23. The second-order valence-corrected chi connectivity index (χ2v) is 10.6. The zero-order valence-electron chi connectivity index (χ0n) is 22.7. The number of hydrogen-bond acceptors (Lipinski definition) is 10. The number of aliphatic hydroxyl groups is 1. The lowest BCUT2D eigenvalue weighted by Crippen LogP contribution is -2.29. The predicted molar refractivity (Wildman–Crippen MR) is 152 cm³/mol. The first-order valence-electron chi connectivity index (χ1n) is 13.0. The van der Waals surface area contributed by atoms with Crippen molar-refractivity contribution in [2.24, 2.45) is 0 Å². The average molecular weight is 577 g/mol. The van der Waals surface area contributed by atoms with Gasteiger partial charge in [-0.05, 0) is 62.2 Å². The van der Waals surface area contributed by atoms with Gasteiger partial charge >= 0.3 is 11.9 Å². The van der Waals surface area contributed by atoms with Crippen molar-refractivity contribution in [3.05, 3.63) is 81.9 Å². The first-order valence-corrected chi connectivity index (χ1v) is 13.8. The largest absolute Gasteiger partial charge is 0.507 e. The molecule has 0 bridgehead atoms. The van der Waals surface area contributed by atoms with E-state index in [1.165, 1.54) is 24.3 Å². The number of ketones is 1. The summed E-state index contributed by atoms with van der Waals surface area (Å²) in [5, 5.41) is 21.9. The summed E-state index contributed by atoms with van der Waals surface area (Å²) in [7, 11) is 0. The summed E-state index contributed by atoms with van der Waals surface area (Å²) in [5.74, 6) is -2.16. The van der Waals surface area contributed by atoms with Crippen LogP contribution < -0.4 is 14.4 Å². The number of aromatic nitrogens is 1. The van der Waals surface area contributed by atoms with E-state index in [0.29, 0.717) is 29.0 Å². The van der Waals surface area contributed by atoms with Crippen LogP contribution in [-0.4, -0.2) is 52.2 Å². The molecule has 10 nitrogen and oxygen atoms in total. The van der Waals surface area contributed by atoms with Gasteiger partial charge in [-0.2, -0.15) is 0 Å². The van der Waals surface area contributed by atoms with Crippen molar-refractivity contribution < 1.29 is 38.8 Å². The minimum absolute atomic E-state index is 0.00562. The third kappa shape index (κ3) is 5.04. The fourth-order valence-corrected chi connectivity index (χ4v) is 5.90. The molecular formula is C30H28N2O8S. The molecule has 5 rings (SSSR count). The Balaban J connectivity index is 1.67. The van der Waals surface area contributed by atoms with Crippen molar-refractivity contribution in [1.82, 2.24) is 4.98 Å². The van der Waals surface area contributed by atoms with Crippen molar-refractivity contribution in [3.63, 3.8) is 0 Å². The van der Waals surface area contributed by atoms with E-state index >= 15 is 0 Å². The number of hydrogen-bond donors (Lipinski definition) is 2. The number of ether oxygens (including phenoxy) is 3. The molecule has 2 aliphatic heterocycles. The van der Waals surface area contributed by atoms with Gasteiger partial charge in [-0.3, -0.25) is 14.5 Å². The number of phenolic OH excluding ortho intramolecular Hbond substituents is 1. The molecule has 1 aromatic heterocycles. The van der Waals surface area contributed by atoms with Crippen molar-refractivity contribution >= 4 is 39.9 Å². The quantitative estimate of drug-likeness (QED) is 0.127. The Hall–Kier alpha value is -4.64. The second kappa shape index (κ2) is 11.1. The summed E-state index contributed by atoms with van der Waals surface area (Å²) in [6.45, 7) is 9.07. The Bertz CT molecular complexity index is 1610. The zero-order chi connectivity index (χ0) is 29.4. The molecule has 0 aliphatic carbocycles. The van der Waals surface area contributed by atoms with Crippen LogP contribution in [0.2, 0.25) is 0 Å². The summed E-state index contributed by atoms with van der Waals surface area (Å²) in [4.78, 5) is 45.5. The molecule has 212 valence electrons. The monoisotopic (exact) mass is 576 g/mol. The number of benzene rings is 2. The van der Waals surface area contributed by atoms with E-state index < -0.39 is 23.7 Å². The number of aromatic hydroxyl groups is 1. The number of anilines is 1. The van der Waals surface area contributed by atoms with Gasteiger partial charge in [-0.25, -0.2) is 9.78 Å². The number of Topliss-reactive ketones (excluding diaryl/α,β-unsaturated/α-hetero) is 1. The smallest absolute Gasteiger partial charge is 0.350 e. The van der Waals surface area contributed by atoms with Crippen LogP contribution >= 0.6 is 11.3 Å². The van der Waals surface area contributed by atoms with E-state index in [1.54, 1.807) is 32.0 Å². The van der Waals surface area contributed by atoms with Gasteiger partial charge in [0.2, 0.25) is 0 Å². The van der Waals surface area contributed by atoms with Crippen LogP contribution in [-0.2, 0) is 20.7 Å². The number of carbonyl (C=O) groups is 3. The molecule has 11 heteroatoms.